The molecule has 0 heterocycles. The summed E-state index contributed by atoms with van der Waals surface area (Å²) >= 11 is 11.8. The molecule has 27 heavy (non-hydrogen) atoms. The first kappa shape index (κ1) is 21.7. The molecule has 2 aromatic carbocycles. The maximum atomic E-state index is 12.4. The third-order valence-electron chi connectivity index (χ3n) is 4.14. The Morgan fingerprint density at radius 1 is 1.07 bits per heavy atom. The van der Waals surface area contributed by atoms with Crippen molar-refractivity contribution in [3.63, 3.8) is 0 Å². The van der Waals surface area contributed by atoms with Crippen molar-refractivity contribution >= 4 is 44.6 Å². The first-order chi connectivity index (χ1) is 12.7. The normalized spacial score (nSPS) is 11.6. The second-order valence-electron chi connectivity index (χ2n) is 6.15. The van der Waals surface area contributed by atoms with Crippen LogP contribution in [0.1, 0.15) is 12.5 Å². The summed E-state index contributed by atoms with van der Waals surface area (Å²) in [7, 11) is -3.44. The zero-order chi connectivity index (χ0) is 20.0. The van der Waals surface area contributed by atoms with Gasteiger partial charge in [0.15, 0.2) is 9.84 Å². The average molecular weight is 429 g/mol. The molecule has 0 radical (unpaired) electrons. The van der Waals surface area contributed by atoms with Gasteiger partial charge in [-0.15, -0.1) is 0 Å². The van der Waals surface area contributed by atoms with Gasteiger partial charge in [0.05, 0.1) is 17.2 Å². The maximum Gasteiger partial charge on any atom is 0.238 e. The van der Waals surface area contributed by atoms with E-state index in [9.17, 15) is 13.2 Å². The minimum atomic E-state index is -3.44. The lowest BCUT2D eigenvalue weighted by Crippen LogP contribution is -2.36. The fourth-order valence-corrected chi connectivity index (χ4v) is 4.06. The van der Waals surface area contributed by atoms with E-state index in [0.717, 1.165) is 5.56 Å². The largest absolute Gasteiger partial charge is 0.325 e. The van der Waals surface area contributed by atoms with Crippen molar-refractivity contribution in [2.45, 2.75) is 18.7 Å². The predicted molar refractivity (Wildman–Crippen MR) is 110 cm³/mol. The lowest BCUT2D eigenvalue weighted by atomic mass is 10.2. The quantitative estimate of drug-likeness (QED) is 0.688. The van der Waals surface area contributed by atoms with E-state index in [1.54, 1.807) is 29.2 Å². The molecule has 0 unspecified atom stereocenters. The van der Waals surface area contributed by atoms with E-state index in [1.165, 1.54) is 12.1 Å². The first-order valence-electron chi connectivity index (χ1n) is 8.48. The Morgan fingerprint density at radius 2 is 1.70 bits per heavy atom. The molecule has 0 fully saturated rings. The van der Waals surface area contributed by atoms with E-state index in [4.69, 9.17) is 23.2 Å². The van der Waals surface area contributed by atoms with Crippen LogP contribution in [0.2, 0.25) is 10.0 Å². The van der Waals surface area contributed by atoms with Gasteiger partial charge in [0.1, 0.15) is 0 Å². The minimum absolute atomic E-state index is 0.0774. The summed E-state index contributed by atoms with van der Waals surface area (Å²) in [6.07, 6.45) is 0. The van der Waals surface area contributed by atoms with Crippen LogP contribution < -0.4 is 5.32 Å². The molecule has 2 aromatic rings. The number of sulfone groups is 1. The molecule has 0 bridgehead atoms. The van der Waals surface area contributed by atoms with E-state index in [-0.39, 0.29) is 29.6 Å². The molecular formula is C19H22Cl2N2O3S. The lowest BCUT2D eigenvalue weighted by Gasteiger charge is -2.20. The average Bonchev–Trinajstić information content (AvgIpc) is 2.62. The van der Waals surface area contributed by atoms with Gasteiger partial charge in [0.25, 0.3) is 0 Å². The Labute approximate surface area is 170 Å². The third kappa shape index (κ3) is 6.50. The molecule has 8 heteroatoms. The zero-order valence-electron chi connectivity index (χ0n) is 15.2. The van der Waals surface area contributed by atoms with Crippen LogP contribution in [0.4, 0.5) is 5.69 Å². The Bertz CT molecular complexity index is 900. The molecule has 0 aliphatic carbocycles. The minimum Gasteiger partial charge on any atom is -0.325 e. The highest BCUT2D eigenvalue weighted by molar-refractivity contribution is 7.91. The number of aryl methyl sites for hydroxylation is 1. The Hall–Kier alpha value is -1.60. The van der Waals surface area contributed by atoms with Crippen LogP contribution in [0, 0.1) is 6.92 Å². The SMILES string of the molecule is CCN(CCS(=O)(=O)c1ccc(Cl)cc1)CC(=O)Nc1cc(Cl)ccc1C. The number of rotatable bonds is 8. The number of benzene rings is 2. The standard InChI is InChI=1S/C19H22Cl2N2O3S/c1-3-23(10-11-27(25,26)17-8-6-15(20)7-9-17)13-19(24)22-18-12-16(21)5-4-14(18)2/h4-9,12H,3,10-11,13H2,1-2H3,(H,22,24). The number of carbonyl (C=O) groups excluding carboxylic acids is 1. The van der Waals surface area contributed by atoms with Gasteiger partial charge in [-0.25, -0.2) is 8.42 Å². The second-order valence-corrected chi connectivity index (χ2v) is 9.13. The Balaban J connectivity index is 1.95. The summed E-state index contributed by atoms with van der Waals surface area (Å²) in [5, 5.41) is 3.84. The van der Waals surface area contributed by atoms with E-state index in [0.29, 0.717) is 22.3 Å². The molecule has 1 amide bonds. The smallest absolute Gasteiger partial charge is 0.238 e. The van der Waals surface area contributed by atoms with Crippen molar-refractivity contribution in [2.24, 2.45) is 0 Å². The van der Waals surface area contributed by atoms with Crippen LogP contribution in [-0.4, -0.2) is 44.6 Å². The zero-order valence-corrected chi connectivity index (χ0v) is 17.5. The molecule has 0 saturated heterocycles. The molecule has 146 valence electrons. The van der Waals surface area contributed by atoms with Crippen LogP contribution in [-0.2, 0) is 14.6 Å². The van der Waals surface area contributed by atoms with Gasteiger partial charge >= 0.3 is 0 Å². The topological polar surface area (TPSA) is 66.5 Å². The van der Waals surface area contributed by atoms with Crippen LogP contribution >= 0.6 is 23.2 Å². The number of amides is 1. The van der Waals surface area contributed by atoms with Crippen molar-refractivity contribution in [2.75, 3.05) is 30.7 Å². The first-order valence-corrected chi connectivity index (χ1v) is 10.9. The Kier molecular flexibility index (Phi) is 7.68. The molecule has 0 aliphatic heterocycles. The molecule has 0 atom stereocenters. The molecule has 0 spiro atoms. The van der Waals surface area contributed by atoms with Crippen molar-refractivity contribution < 1.29 is 13.2 Å². The molecule has 0 saturated carbocycles. The van der Waals surface area contributed by atoms with Crippen molar-refractivity contribution in [1.82, 2.24) is 4.90 Å². The fourth-order valence-electron chi connectivity index (χ4n) is 2.48. The van der Waals surface area contributed by atoms with Crippen molar-refractivity contribution in [3.8, 4) is 0 Å². The van der Waals surface area contributed by atoms with E-state index >= 15 is 0 Å². The number of carbonyl (C=O) groups is 1. The molecule has 5 nitrogen and oxygen atoms in total. The number of nitrogens with one attached hydrogen (secondary N) is 1. The monoisotopic (exact) mass is 428 g/mol. The Morgan fingerprint density at radius 3 is 2.33 bits per heavy atom. The number of halogens is 2. The van der Waals surface area contributed by atoms with Crippen molar-refractivity contribution in [1.29, 1.82) is 0 Å². The van der Waals surface area contributed by atoms with Crippen LogP contribution in [0.3, 0.4) is 0 Å². The van der Waals surface area contributed by atoms with Crippen LogP contribution in [0.15, 0.2) is 47.4 Å². The highest BCUT2D eigenvalue weighted by Crippen LogP contribution is 2.20. The van der Waals surface area contributed by atoms with Crippen molar-refractivity contribution in [3.05, 3.63) is 58.1 Å². The number of anilines is 1. The summed E-state index contributed by atoms with van der Waals surface area (Å²) in [4.78, 5) is 14.3. The second kappa shape index (κ2) is 9.55. The number of hydrogen-bond donors (Lipinski definition) is 1. The van der Waals surface area contributed by atoms with Gasteiger partial charge in [-0.05, 0) is 55.4 Å². The van der Waals surface area contributed by atoms with Gasteiger partial charge in [-0.2, -0.15) is 0 Å². The summed E-state index contributed by atoms with van der Waals surface area (Å²) in [5.41, 5.74) is 1.55. The lowest BCUT2D eigenvalue weighted by molar-refractivity contribution is -0.117. The highest BCUT2D eigenvalue weighted by atomic mass is 35.5. The summed E-state index contributed by atoms with van der Waals surface area (Å²) in [6, 6.07) is 11.3. The number of nitrogens with zero attached hydrogens (tertiary/aromatic N) is 1. The van der Waals surface area contributed by atoms with Gasteiger partial charge in [0.2, 0.25) is 5.91 Å². The van der Waals surface area contributed by atoms with Crippen LogP contribution in [0.5, 0.6) is 0 Å². The summed E-state index contributed by atoms with van der Waals surface area (Å²) < 4.78 is 24.9. The van der Waals surface area contributed by atoms with E-state index in [2.05, 4.69) is 5.32 Å². The molecule has 0 aromatic heterocycles. The highest BCUT2D eigenvalue weighted by Gasteiger charge is 2.18. The molecule has 2 rings (SSSR count). The molecule has 1 N–H and O–H groups in total. The predicted octanol–water partition coefficient (Wildman–Crippen LogP) is 4.04. The van der Waals surface area contributed by atoms with Gasteiger partial charge in [0, 0.05) is 22.3 Å². The number of hydrogen-bond acceptors (Lipinski definition) is 4. The maximum absolute atomic E-state index is 12.4. The van der Waals surface area contributed by atoms with E-state index < -0.39 is 9.84 Å². The summed E-state index contributed by atoms with van der Waals surface area (Å²) in [6.45, 7) is 4.66. The number of likely N-dealkylation sites (N-methyl/N-ethyl adjacent to an activating group) is 1. The summed E-state index contributed by atoms with van der Waals surface area (Å²) in [5.74, 6) is -0.294. The van der Waals surface area contributed by atoms with Gasteiger partial charge in [-0.3, -0.25) is 9.69 Å². The van der Waals surface area contributed by atoms with Gasteiger partial charge in [-0.1, -0.05) is 36.2 Å². The van der Waals surface area contributed by atoms with E-state index in [1.807, 2.05) is 19.9 Å². The fraction of sp³-hybridized carbons (Fsp3) is 0.316. The molecular weight excluding hydrogens is 407 g/mol. The third-order valence-corrected chi connectivity index (χ3v) is 6.33. The van der Waals surface area contributed by atoms with Gasteiger partial charge < -0.3 is 5.32 Å². The molecule has 0 aliphatic rings. The van der Waals surface area contributed by atoms with Crippen LogP contribution in [0.25, 0.3) is 0 Å².